The summed E-state index contributed by atoms with van der Waals surface area (Å²) < 4.78 is 38.1. The first-order valence-electron chi connectivity index (χ1n) is 5.98. The summed E-state index contributed by atoms with van der Waals surface area (Å²) >= 11 is 0. The van der Waals surface area contributed by atoms with E-state index in [4.69, 9.17) is 5.11 Å². The van der Waals surface area contributed by atoms with Gasteiger partial charge in [-0.15, -0.1) is 0 Å². The molecule has 0 bridgehead atoms. The van der Waals surface area contributed by atoms with Crippen molar-refractivity contribution in [2.45, 2.75) is 19.5 Å². The van der Waals surface area contributed by atoms with Crippen molar-refractivity contribution in [3.05, 3.63) is 29.3 Å². The van der Waals surface area contributed by atoms with Crippen molar-refractivity contribution in [2.75, 3.05) is 18.0 Å². The van der Waals surface area contributed by atoms with Gasteiger partial charge >= 0.3 is 12.1 Å². The summed E-state index contributed by atoms with van der Waals surface area (Å²) in [5, 5.41) is 8.93. The van der Waals surface area contributed by atoms with Gasteiger partial charge in [-0.05, 0) is 30.5 Å². The molecule has 1 fully saturated rings. The maximum absolute atomic E-state index is 12.7. The second kappa shape index (κ2) is 4.75. The highest BCUT2D eigenvalue weighted by atomic mass is 19.4. The molecule has 1 unspecified atom stereocenters. The van der Waals surface area contributed by atoms with Crippen molar-refractivity contribution in [2.24, 2.45) is 5.92 Å². The van der Waals surface area contributed by atoms with Crippen LogP contribution in [0.4, 0.5) is 18.9 Å². The van der Waals surface area contributed by atoms with E-state index in [1.165, 1.54) is 6.07 Å². The summed E-state index contributed by atoms with van der Waals surface area (Å²) in [6.07, 6.45) is -3.69. The first kappa shape index (κ1) is 13.7. The third-order valence-electron chi connectivity index (χ3n) is 3.33. The Kier molecular flexibility index (Phi) is 3.43. The molecule has 0 radical (unpaired) electrons. The number of carboxylic acids is 1. The Bertz CT molecular complexity index is 499. The molecule has 1 aliphatic rings. The number of alkyl halides is 3. The van der Waals surface area contributed by atoms with E-state index >= 15 is 0 Å². The van der Waals surface area contributed by atoms with Gasteiger partial charge in [-0.2, -0.15) is 13.2 Å². The van der Waals surface area contributed by atoms with Gasteiger partial charge in [0.2, 0.25) is 0 Å². The molecule has 19 heavy (non-hydrogen) atoms. The Morgan fingerprint density at radius 1 is 1.42 bits per heavy atom. The third-order valence-corrected chi connectivity index (χ3v) is 3.33. The van der Waals surface area contributed by atoms with Crippen molar-refractivity contribution >= 4 is 11.7 Å². The molecule has 0 aliphatic carbocycles. The molecule has 6 heteroatoms. The van der Waals surface area contributed by atoms with Crippen LogP contribution in [-0.2, 0) is 6.18 Å². The molecule has 2 rings (SSSR count). The second-order valence-electron chi connectivity index (χ2n) is 4.87. The molecule has 1 atom stereocenters. The van der Waals surface area contributed by atoms with Crippen molar-refractivity contribution in [3.63, 3.8) is 0 Å². The number of benzene rings is 1. The Labute approximate surface area is 108 Å². The van der Waals surface area contributed by atoms with Gasteiger partial charge in [-0.3, -0.25) is 0 Å². The minimum atomic E-state index is -4.65. The molecular formula is C13H14F3NO2. The zero-order chi connectivity index (χ0) is 14.2. The number of aromatic carboxylic acids is 1. The standard InChI is InChI=1S/C13H14F3NO2/c1-8-4-5-17(7-8)9-2-3-11(13(14,15)16)10(6-9)12(18)19/h2-3,6,8H,4-5,7H2,1H3,(H,18,19). The van der Waals surface area contributed by atoms with Gasteiger partial charge in [0.1, 0.15) is 0 Å². The summed E-state index contributed by atoms with van der Waals surface area (Å²) in [4.78, 5) is 12.9. The quantitative estimate of drug-likeness (QED) is 0.899. The van der Waals surface area contributed by atoms with Gasteiger partial charge in [0.15, 0.2) is 0 Å². The predicted molar refractivity (Wildman–Crippen MR) is 64.4 cm³/mol. The van der Waals surface area contributed by atoms with Gasteiger partial charge in [-0.25, -0.2) is 4.79 Å². The van der Waals surface area contributed by atoms with Crippen LogP contribution >= 0.6 is 0 Å². The number of hydrogen-bond acceptors (Lipinski definition) is 2. The van der Waals surface area contributed by atoms with E-state index in [1.54, 1.807) is 0 Å². The lowest BCUT2D eigenvalue weighted by Gasteiger charge is -2.20. The van der Waals surface area contributed by atoms with Gasteiger partial charge in [-0.1, -0.05) is 6.92 Å². The monoisotopic (exact) mass is 273 g/mol. The molecule has 104 valence electrons. The smallest absolute Gasteiger partial charge is 0.417 e. The highest BCUT2D eigenvalue weighted by Crippen LogP contribution is 2.35. The average Bonchev–Trinajstić information content (AvgIpc) is 2.74. The van der Waals surface area contributed by atoms with Crippen LogP contribution in [0.15, 0.2) is 18.2 Å². The molecule has 1 N–H and O–H groups in total. The van der Waals surface area contributed by atoms with E-state index < -0.39 is 23.3 Å². The summed E-state index contributed by atoms with van der Waals surface area (Å²) in [7, 11) is 0. The molecule has 1 aromatic rings. The summed E-state index contributed by atoms with van der Waals surface area (Å²) in [6, 6.07) is 3.30. The first-order valence-corrected chi connectivity index (χ1v) is 5.98. The van der Waals surface area contributed by atoms with Gasteiger partial charge < -0.3 is 10.0 Å². The number of anilines is 1. The van der Waals surface area contributed by atoms with Crippen LogP contribution in [0.3, 0.4) is 0 Å². The minimum absolute atomic E-state index is 0.468. The van der Waals surface area contributed by atoms with E-state index in [1.807, 2.05) is 4.90 Å². The maximum Gasteiger partial charge on any atom is 0.417 e. The topological polar surface area (TPSA) is 40.5 Å². The van der Waals surface area contributed by atoms with E-state index in [0.717, 1.165) is 31.6 Å². The number of nitrogens with zero attached hydrogens (tertiary/aromatic N) is 1. The molecule has 1 heterocycles. The Morgan fingerprint density at radius 2 is 2.11 bits per heavy atom. The fourth-order valence-corrected chi connectivity index (χ4v) is 2.32. The predicted octanol–water partition coefficient (Wildman–Crippen LogP) is 3.25. The largest absolute Gasteiger partial charge is 0.478 e. The molecule has 1 saturated heterocycles. The van der Waals surface area contributed by atoms with Crippen LogP contribution < -0.4 is 4.90 Å². The zero-order valence-electron chi connectivity index (χ0n) is 10.4. The van der Waals surface area contributed by atoms with Crippen LogP contribution in [0, 0.1) is 5.92 Å². The first-order chi connectivity index (χ1) is 8.79. The molecule has 0 aromatic heterocycles. The summed E-state index contributed by atoms with van der Waals surface area (Å²) in [6.45, 7) is 3.54. The van der Waals surface area contributed by atoms with E-state index in [9.17, 15) is 18.0 Å². The third kappa shape index (κ3) is 2.83. The van der Waals surface area contributed by atoms with Gasteiger partial charge in [0, 0.05) is 18.8 Å². The Hall–Kier alpha value is -1.72. The number of halogens is 3. The Balaban J connectivity index is 2.39. The minimum Gasteiger partial charge on any atom is -0.478 e. The highest BCUT2D eigenvalue weighted by Gasteiger charge is 2.35. The highest BCUT2D eigenvalue weighted by molar-refractivity contribution is 5.91. The molecular weight excluding hydrogens is 259 g/mol. The van der Waals surface area contributed by atoms with Gasteiger partial charge in [0.25, 0.3) is 0 Å². The molecule has 0 spiro atoms. The molecule has 1 aromatic carbocycles. The normalized spacial score (nSPS) is 19.8. The maximum atomic E-state index is 12.7. The van der Waals surface area contributed by atoms with Crippen LogP contribution in [0.5, 0.6) is 0 Å². The van der Waals surface area contributed by atoms with Crippen LogP contribution in [0.1, 0.15) is 29.3 Å². The van der Waals surface area contributed by atoms with E-state index in [0.29, 0.717) is 11.6 Å². The lowest BCUT2D eigenvalue weighted by Crippen LogP contribution is -2.21. The van der Waals surface area contributed by atoms with E-state index in [2.05, 4.69) is 6.92 Å². The number of hydrogen-bond donors (Lipinski definition) is 1. The lowest BCUT2D eigenvalue weighted by atomic mass is 10.1. The SMILES string of the molecule is CC1CCN(c2ccc(C(F)(F)F)c(C(=O)O)c2)C1. The summed E-state index contributed by atoms with van der Waals surface area (Å²) in [5.41, 5.74) is -1.25. The fraction of sp³-hybridized carbons (Fsp3) is 0.462. The van der Waals surface area contributed by atoms with Crippen LogP contribution in [0.25, 0.3) is 0 Å². The Morgan fingerprint density at radius 3 is 2.58 bits per heavy atom. The summed E-state index contributed by atoms with van der Waals surface area (Å²) in [5.74, 6) is -1.09. The second-order valence-corrected chi connectivity index (χ2v) is 4.87. The molecule has 0 amide bonds. The number of carboxylic acid groups (broad SMARTS) is 1. The van der Waals surface area contributed by atoms with Crippen LogP contribution in [0.2, 0.25) is 0 Å². The van der Waals surface area contributed by atoms with E-state index in [-0.39, 0.29) is 0 Å². The lowest BCUT2D eigenvalue weighted by molar-refractivity contribution is -0.138. The molecule has 3 nitrogen and oxygen atoms in total. The fourth-order valence-electron chi connectivity index (χ4n) is 2.32. The van der Waals surface area contributed by atoms with Crippen molar-refractivity contribution in [3.8, 4) is 0 Å². The number of carbonyl (C=O) groups is 1. The number of rotatable bonds is 2. The van der Waals surface area contributed by atoms with Crippen molar-refractivity contribution < 1.29 is 23.1 Å². The molecule has 1 aliphatic heterocycles. The van der Waals surface area contributed by atoms with Crippen molar-refractivity contribution in [1.82, 2.24) is 0 Å². The van der Waals surface area contributed by atoms with Gasteiger partial charge in [0.05, 0.1) is 11.1 Å². The van der Waals surface area contributed by atoms with Crippen molar-refractivity contribution in [1.29, 1.82) is 0 Å². The molecule has 0 saturated carbocycles. The average molecular weight is 273 g/mol. The van der Waals surface area contributed by atoms with Crippen LogP contribution in [-0.4, -0.2) is 24.2 Å². The zero-order valence-corrected chi connectivity index (χ0v) is 10.4.